The number of amides is 1. The number of carbonyl (C=O) groups excluding carboxylic acids is 1. The molecule has 18 heavy (non-hydrogen) atoms. The number of hydrazine groups is 1. The lowest BCUT2D eigenvalue weighted by Crippen LogP contribution is -2.48. The molecule has 1 amide bonds. The summed E-state index contributed by atoms with van der Waals surface area (Å²) in [5, 5.41) is 1.85. The predicted molar refractivity (Wildman–Crippen MR) is 72.2 cm³/mol. The molecular formula is C12H15N3O2S. The summed E-state index contributed by atoms with van der Waals surface area (Å²) in [6.07, 6.45) is 0. The summed E-state index contributed by atoms with van der Waals surface area (Å²) in [5.41, 5.74) is 9.61. The van der Waals surface area contributed by atoms with E-state index in [4.69, 9.17) is 22.7 Å². The van der Waals surface area contributed by atoms with Crippen molar-refractivity contribution in [3.05, 3.63) is 35.4 Å². The van der Waals surface area contributed by atoms with Gasteiger partial charge in [0.15, 0.2) is 0 Å². The molecule has 1 aliphatic rings. The molecule has 0 saturated carbocycles. The van der Waals surface area contributed by atoms with Crippen molar-refractivity contribution in [3.8, 4) is 0 Å². The minimum Gasteiger partial charge on any atom is -0.389 e. The fourth-order valence-corrected chi connectivity index (χ4v) is 1.82. The van der Waals surface area contributed by atoms with Crippen LogP contribution in [0.5, 0.6) is 0 Å². The Morgan fingerprint density at radius 3 is 2.67 bits per heavy atom. The molecule has 0 aromatic heterocycles. The van der Waals surface area contributed by atoms with Crippen LogP contribution < -0.4 is 11.2 Å². The van der Waals surface area contributed by atoms with Crippen LogP contribution in [0, 0.1) is 0 Å². The number of hydrogen-bond acceptors (Lipinski definition) is 4. The molecule has 1 aromatic carbocycles. The third-order valence-corrected chi connectivity index (χ3v) is 2.92. The van der Waals surface area contributed by atoms with E-state index in [0.717, 1.165) is 0 Å². The quantitative estimate of drug-likeness (QED) is 0.769. The molecule has 0 aliphatic carbocycles. The van der Waals surface area contributed by atoms with Gasteiger partial charge in [-0.3, -0.25) is 10.2 Å². The smallest absolute Gasteiger partial charge is 0.265 e. The highest BCUT2D eigenvalue weighted by molar-refractivity contribution is 7.80. The molecule has 96 valence electrons. The number of nitrogens with one attached hydrogen (secondary N) is 1. The predicted octanol–water partition coefficient (Wildman–Crippen LogP) is 0.298. The monoisotopic (exact) mass is 265 g/mol. The first-order valence-electron chi connectivity index (χ1n) is 5.70. The molecule has 1 saturated heterocycles. The summed E-state index contributed by atoms with van der Waals surface area (Å²) in [4.78, 5) is 12.3. The molecule has 1 aromatic rings. The number of thiocarbonyl (C=S) groups is 1. The summed E-state index contributed by atoms with van der Waals surface area (Å²) in [6, 6.07) is 6.98. The second-order valence-electron chi connectivity index (χ2n) is 3.99. The Bertz CT molecular complexity index is 458. The van der Waals surface area contributed by atoms with E-state index in [0.29, 0.717) is 37.4 Å². The molecular weight excluding hydrogens is 250 g/mol. The van der Waals surface area contributed by atoms with E-state index in [2.05, 4.69) is 5.43 Å². The Morgan fingerprint density at radius 1 is 1.33 bits per heavy atom. The second kappa shape index (κ2) is 5.90. The van der Waals surface area contributed by atoms with Crippen LogP contribution in [-0.4, -0.2) is 42.2 Å². The number of rotatable bonds is 3. The van der Waals surface area contributed by atoms with Crippen molar-refractivity contribution in [1.82, 2.24) is 10.4 Å². The highest BCUT2D eigenvalue weighted by Crippen LogP contribution is 2.06. The minimum atomic E-state index is -0.157. The van der Waals surface area contributed by atoms with Crippen LogP contribution in [-0.2, 0) is 4.74 Å². The summed E-state index contributed by atoms with van der Waals surface area (Å²) >= 11 is 4.89. The minimum absolute atomic E-state index is 0.157. The fraction of sp³-hybridized carbons (Fsp3) is 0.333. The zero-order chi connectivity index (χ0) is 13.0. The van der Waals surface area contributed by atoms with Crippen molar-refractivity contribution in [2.75, 3.05) is 26.3 Å². The summed E-state index contributed by atoms with van der Waals surface area (Å²) in [7, 11) is 0. The van der Waals surface area contributed by atoms with E-state index in [-0.39, 0.29) is 10.9 Å². The van der Waals surface area contributed by atoms with Gasteiger partial charge in [0, 0.05) is 24.2 Å². The van der Waals surface area contributed by atoms with Crippen LogP contribution >= 0.6 is 12.2 Å². The van der Waals surface area contributed by atoms with E-state index < -0.39 is 0 Å². The van der Waals surface area contributed by atoms with Gasteiger partial charge in [0.1, 0.15) is 4.99 Å². The third kappa shape index (κ3) is 3.25. The summed E-state index contributed by atoms with van der Waals surface area (Å²) in [6.45, 7) is 2.65. The van der Waals surface area contributed by atoms with E-state index in [1.165, 1.54) is 0 Å². The van der Waals surface area contributed by atoms with Crippen LogP contribution in [0.4, 0.5) is 0 Å². The molecule has 3 N–H and O–H groups in total. The van der Waals surface area contributed by atoms with Crippen molar-refractivity contribution in [1.29, 1.82) is 0 Å². The summed E-state index contributed by atoms with van der Waals surface area (Å²) < 4.78 is 5.21. The van der Waals surface area contributed by atoms with Crippen LogP contribution in [0.1, 0.15) is 15.9 Å². The lowest BCUT2D eigenvalue weighted by atomic mass is 10.1. The van der Waals surface area contributed by atoms with Gasteiger partial charge < -0.3 is 10.5 Å². The molecule has 5 nitrogen and oxygen atoms in total. The van der Waals surface area contributed by atoms with Gasteiger partial charge in [0.2, 0.25) is 0 Å². The van der Waals surface area contributed by atoms with E-state index in [1.54, 1.807) is 24.3 Å². The first-order chi connectivity index (χ1) is 8.66. The fourth-order valence-electron chi connectivity index (χ4n) is 1.70. The number of nitrogens with two attached hydrogens (primary N) is 1. The first kappa shape index (κ1) is 12.9. The van der Waals surface area contributed by atoms with Crippen molar-refractivity contribution in [2.24, 2.45) is 5.73 Å². The maximum absolute atomic E-state index is 12.0. The second-order valence-corrected chi connectivity index (χ2v) is 4.43. The zero-order valence-corrected chi connectivity index (χ0v) is 10.7. The van der Waals surface area contributed by atoms with Crippen molar-refractivity contribution >= 4 is 23.1 Å². The SMILES string of the molecule is NC(=S)c1cccc(C(=O)NN2CCOCC2)c1. The van der Waals surface area contributed by atoms with Gasteiger partial charge in [0.05, 0.1) is 13.2 Å². The van der Waals surface area contributed by atoms with Gasteiger partial charge in [0.25, 0.3) is 5.91 Å². The molecule has 0 unspecified atom stereocenters. The highest BCUT2D eigenvalue weighted by Gasteiger charge is 2.14. The molecule has 1 aliphatic heterocycles. The number of morpholine rings is 1. The van der Waals surface area contributed by atoms with Crippen molar-refractivity contribution in [2.45, 2.75) is 0 Å². The van der Waals surface area contributed by atoms with Gasteiger partial charge in [-0.2, -0.15) is 0 Å². The number of ether oxygens (including phenoxy) is 1. The highest BCUT2D eigenvalue weighted by atomic mass is 32.1. The maximum atomic E-state index is 12.0. The van der Waals surface area contributed by atoms with Crippen molar-refractivity contribution < 1.29 is 9.53 Å². The average molecular weight is 265 g/mol. The van der Waals surface area contributed by atoms with Crippen LogP contribution in [0.2, 0.25) is 0 Å². The number of benzene rings is 1. The standard InChI is InChI=1S/C12H15N3O2S/c13-11(18)9-2-1-3-10(8-9)12(16)14-15-4-6-17-7-5-15/h1-3,8H,4-7H2,(H2,13,18)(H,14,16). The van der Waals surface area contributed by atoms with E-state index in [1.807, 2.05) is 5.01 Å². The third-order valence-electron chi connectivity index (χ3n) is 2.68. The molecule has 1 fully saturated rings. The number of nitrogens with zero attached hydrogens (tertiary/aromatic N) is 1. The van der Waals surface area contributed by atoms with Gasteiger partial charge in [-0.15, -0.1) is 0 Å². The van der Waals surface area contributed by atoms with Gasteiger partial charge >= 0.3 is 0 Å². The van der Waals surface area contributed by atoms with Crippen LogP contribution in [0.25, 0.3) is 0 Å². The summed E-state index contributed by atoms with van der Waals surface area (Å²) in [5.74, 6) is -0.157. The zero-order valence-electron chi connectivity index (χ0n) is 9.89. The Labute approximate surface area is 111 Å². The van der Waals surface area contributed by atoms with E-state index >= 15 is 0 Å². The molecule has 0 radical (unpaired) electrons. The number of hydrogen-bond donors (Lipinski definition) is 2. The molecule has 1 heterocycles. The molecule has 2 rings (SSSR count). The van der Waals surface area contributed by atoms with Crippen molar-refractivity contribution in [3.63, 3.8) is 0 Å². The van der Waals surface area contributed by atoms with Gasteiger partial charge in [-0.25, -0.2) is 5.01 Å². The van der Waals surface area contributed by atoms with Crippen LogP contribution in [0.3, 0.4) is 0 Å². The Morgan fingerprint density at radius 2 is 2.00 bits per heavy atom. The Balaban J connectivity index is 2.03. The van der Waals surface area contributed by atoms with Gasteiger partial charge in [-0.05, 0) is 12.1 Å². The molecule has 0 atom stereocenters. The molecule has 0 spiro atoms. The Kier molecular flexibility index (Phi) is 4.24. The topological polar surface area (TPSA) is 67.6 Å². The molecule has 6 heteroatoms. The van der Waals surface area contributed by atoms with Crippen LogP contribution in [0.15, 0.2) is 24.3 Å². The van der Waals surface area contributed by atoms with E-state index in [9.17, 15) is 4.79 Å². The Hall–Kier alpha value is -1.50. The van der Waals surface area contributed by atoms with Gasteiger partial charge in [-0.1, -0.05) is 24.4 Å². The first-order valence-corrected chi connectivity index (χ1v) is 6.11. The lowest BCUT2D eigenvalue weighted by molar-refractivity contribution is 0.0126. The number of carbonyl (C=O) groups is 1. The maximum Gasteiger partial charge on any atom is 0.265 e. The largest absolute Gasteiger partial charge is 0.389 e. The molecule has 0 bridgehead atoms. The average Bonchev–Trinajstić information content (AvgIpc) is 2.40. The normalized spacial score (nSPS) is 16.2. The lowest BCUT2D eigenvalue weighted by Gasteiger charge is -2.26.